The maximum atomic E-state index is 13.6. The van der Waals surface area contributed by atoms with Crippen LogP contribution in [0, 0.1) is 17.3 Å². The fourth-order valence-corrected chi connectivity index (χ4v) is 4.01. The Morgan fingerprint density at radius 3 is 2.13 bits per heavy atom. The summed E-state index contributed by atoms with van der Waals surface area (Å²) < 4.78 is 18.4. The maximum absolute atomic E-state index is 13.6. The molecule has 1 aliphatic carbocycles. The number of alkyl halides is 1. The second kappa shape index (κ2) is 5.87. The predicted octanol–water partition coefficient (Wildman–Crippen LogP) is 5.87. The Morgan fingerprint density at radius 2 is 1.61 bits per heavy atom. The first-order valence-electron chi connectivity index (χ1n) is 6.85. The molecule has 0 spiro atoms. The van der Waals surface area contributed by atoms with Gasteiger partial charge in [-0.2, -0.15) is 0 Å². The SMILES string of the molecule is CC1(Cl)C(c2ccc(OC#N)cc2)C1c1cc(Cl)c(F)c(Cl)c1. The van der Waals surface area contributed by atoms with Crippen molar-refractivity contribution in [2.75, 3.05) is 0 Å². The van der Waals surface area contributed by atoms with Gasteiger partial charge >= 0.3 is 0 Å². The van der Waals surface area contributed by atoms with Crippen LogP contribution in [-0.4, -0.2) is 4.87 Å². The molecule has 0 N–H and O–H groups in total. The van der Waals surface area contributed by atoms with Crippen molar-refractivity contribution in [1.29, 1.82) is 5.26 Å². The van der Waals surface area contributed by atoms with Crippen LogP contribution in [0.1, 0.15) is 29.9 Å². The number of nitrogens with zero attached hydrogens (tertiary/aromatic N) is 1. The van der Waals surface area contributed by atoms with E-state index in [1.54, 1.807) is 30.5 Å². The molecule has 1 fully saturated rings. The number of hydrogen-bond donors (Lipinski definition) is 0. The monoisotopic (exact) mass is 369 g/mol. The van der Waals surface area contributed by atoms with E-state index in [0.717, 1.165) is 11.1 Å². The zero-order valence-electron chi connectivity index (χ0n) is 12.0. The average Bonchev–Trinajstić information content (AvgIpc) is 3.08. The summed E-state index contributed by atoms with van der Waals surface area (Å²) in [7, 11) is 0. The summed E-state index contributed by atoms with van der Waals surface area (Å²) in [6.45, 7) is 1.93. The topological polar surface area (TPSA) is 33.0 Å². The van der Waals surface area contributed by atoms with Crippen LogP contribution in [0.15, 0.2) is 36.4 Å². The van der Waals surface area contributed by atoms with Crippen molar-refractivity contribution < 1.29 is 9.13 Å². The molecule has 1 saturated carbocycles. The smallest absolute Gasteiger partial charge is 0.292 e. The Bertz CT molecular complexity index is 775. The van der Waals surface area contributed by atoms with Crippen molar-refractivity contribution in [3.8, 4) is 12.0 Å². The second-order valence-electron chi connectivity index (χ2n) is 5.67. The molecule has 2 aromatic carbocycles. The third kappa shape index (κ3) is 2.87. The van der Waals surface area contributed by atoms with Gasteiger partial charge in [-0.3, -0.25) is 0 Å². The van der Waals surface area contributed by atoms with Gasteiger partial charge in [0.1, 0.15) is 5.75 Å². The molecule has 0 saturated heterocycles. The van der Waals surface area contributed by atoms with Gasteiger partial charge in [-0.25, -0.2) is 4.39 Å². The zero-order chi connectivity index (χ0) is 16.8. The van der Waals surface area contributed by atoms with Crippen LogP contribution in [0.5, 0.6) is 5.75 Å². The lowest BCUT2D eigenvalue weighted by atomic mass is 10.0. The summed E-state index contributed by atoms with van der Waals surface area (Å²) in [4.78, 5) is -0.512. The van der Waals surface area contributed by atoms with Crippen molar-refractivity contribution in [2.45, 2.75) is 23.6 Å². The van der Waals surface area contributed by atoms with Crippen LogP contribution in [0.3, 0.4) is 0 Å². The number of rotatable bonds is 3. The van der Waals surface area contributed by atoms with Gasteiger partial charge < -0.3 is 4.74 Å². The van der Waals surface area contributed by atoms with Crippen molar-refractivity contribution in [3.63, 3.8) is 0 Å². The molecule has 0 aliphatic heterocycles. The molecule has 3 unspecified atom stereocenters. The molecule has 0 aromatic heterocycles. The number of ether oxygens (including phenoxy) is 1. The van der Waals surface area contributed by atoms with Crippen LogP contribution >= 0.6 is 34.8 Å². The first-order valence-corrected chi connectivity index (χ1v) is 7.99. The van der Waals surface area contributed by atoms with Crippen molar-refractivity contribution >= 4 is 34.8 Å². The van der Waals surface area contributed by atoms with Gasteiger partial charge in [0, 0.05) is 11.8 Å². The summed E-state index contributed by atoms with van der Waals surface area (Å²) in [5, 5.41) is 8.49. The average molecular weight is 371 g/mol. The van der Waals surface area contributed by atoms with E-state index in [-0.39, 0.29) is 21.9 Å². The van der Waals surface area contributed by atoms with Crippen LogP contribution in [0.25, 0.3) is 0 Å². The molecule has 0 radical (unpaired) electrons. The minimum atomic E-state index is -0.622. The summed E-state index contributed by atoms with van der Waals surface area (Å²) in [6, 6.07) is 10.3. The van der Waals surface area contributed by atoms with Crippen molar-refractivity contribution in [1.82, 2.24) is 0 Å². The molecule has 118 valence electrons. The van der Waals surface area contributed by atoms with Crippen LogP contribution < -0.4 is 4.74 Å². The van der Waals surface area contributed by atoms with Crippen LogP contribution in [-0.2, 0) is 0 Å². The summed E-state index contributed by atoms with van der Waals surface area (Å²) >= 11 is 18.4. The van der Waals surface area contributed by atoms with E-state index in [1.165, 1.54) is 0 Å². The number of hydrogen-bond acceptors (Lipinski definition) is 2. The Hall–Kier alpha value is -1.47. The van der Waals surface area contributed by atoms with E-state index in [9.17, 15) is 4.39 Å². The molecule has 3 rings (SSSR count). The van der Waals surface area contributed by atoms with Crippen LogP contribution in [0.4, 0.5) is 4.39 Å². The molecule has 1 aliphatic rings. The minimum Gasteiger partial charge on any atom is -0.388 e. The molecule has 2 nitrogen and oxygen atoms in total. The lowest BCUT2D eigenvalue weighted by Gasteiger charge is -2.05. The molecule has 0 amide bonds. The summed E-state index contributed by atoms with van der Waals surface area (Å²) in [6.07, 6.45) is 1.63. The minimum absolute atomic E-state index is 0.0108. The summed E-state index contributed by atoms with van der Waals surface area (Å²) in [5.41, 5.74) is 1.82. The van der Waals surface area contributed by atoms with E-state index in [4.69, 9.17) is 44.8 Å². The molecular formula is C17H11Cl3FNO. The quantitative estimate of drug-likeness (QED) is 0.384. The number of halogens is 4. The first-order chi connectivity index (χ1) is 10.9. The third-order valence-corrected chi connectivity index (χ3v) is 5.23. The molecule has 2 aromatic rings. The number of nitriles is 1. The van der Waals surface area contributed by atoms with Gasteiger partial charge in [0.15, 0.2) is 5.82 Å². The maximum Gasteiger partial charge on any atom is 0.292 e. The molecule has 6 heteroatoms. The van der Waals surface area contributed by atoms with E-state index in [0.29, 0.717) is 5.75 Å². The van der Waals surface area contributed by atoms with Gasteiger partial charge in [-0.15, -0.1) is 16.9 Å². The number of benzene rings is 2. The van der Waals surface area contributed by atoms with E-state index < -0.39 is 10.7 Å². The predicted molar refractivity (Wildman–Crippen MR) is 88.8 cm³/mol. The van der Waals surface area contributed by atoms with Crippen molar-refractivity contribution in [3.05, 3.63) is 63.4 Å². The van der Waals surface area contributed by atoms with E-state index in [2.05, 4.69) is 0 Å². The van der Waals surface area contributed by atoms with E-state index in [1.807, 2.05) is 19.1 Å². The first kappa shape index (κ1) is 16.4. The Balaban J connectivity index is 1.92. The normalized spacial score (nSPS) is 25.7. The second-order valence-corrected chi connectivity index (χ2v) is 7.30. The van der Waals surface area contributed by atoms with Gasteiger partial charge in [0.05, 0.1) is 14.9 Å². The van der Waals surface area contributed by atoms with Crippen LogP contribution in [0.2, 0.25) is 10.0 Å². The highest BCUT2D eigenvalue weighted by atomic mass is 35.5. The fourth-order valence-electron chi connectivity index (χ4n) is 3.07. The van der Waals surface area contributed by atoms with Gasteiger partial charge in [-0.05, 0) is 42.3 Å². The third-order valence-electron chi connectivity index (χ3n) is 4.21. The Morgan fingerprint density at radius 1 is 1.09 bits per heavy atom. The summed E-state index contributed by atoms with van der Waals surface area (Å²) in [5.74, 6) is -0.137. The standard InChI is InChI=1S/C17H11Cl3FNO/c1-17(20)14(9-2-4-11(5-3-9)23-8-22)15(17)10-6-12(18)16(21)13(19)7-10/h2-7,14-15H,1H3. The molecule has 3 atom stereocenters. The Kier molecular flexibility index (Phi) is 4.18. The Labute approximate surface area is 148 Å². The highest BCUT2D eigenvalue weighted by molar-refractivity contribution is 6.35. The molecular weight excluding hydrogens is 360 g/mol. The fraction of sp³-hybridized carbons (Fsp3) is 0.235. The molecule has 23 heavy (non-hydrogen) atoms. The van der Waals surface area contributed by atoms with E-state index >= 15 is 0 Å². The lowest BCUT2D eigenvalue weighted by Crippen LogP contribution is -1.95. The molecule has 0 bridgehead atoms. The largest absolute Gasteiger partial charge is 0.388 e. The van der Waals surface area contributed by atoms with Crippen molar-refractivity contribution in [2.24, 2.45) is 0 Å². The van der Waals surface area contributed by atoms with Gasteiger partial charge in [-0.1, -0.05) is 35.3 Å². The molecule has 0 heterocycles. The highest BCUT2D eigenvalue weighted by Gasteiger charge is 2.61. The van der Waals surface area contributed by atoms with Gasteiger partial charge in [0.2, 0.25) is 0 Å². The van der Waals surface area contributed by atoms with Gasteiger partial charge in [0.25, 0.3) is 6.26 Å². The zero-order valence-corrected chi connectivity index (χ0v) is 14.3. The highest BCUT2D eigenvalue weighted by Crippen LogP contribution is 2.67. The lowest BCUT2D eigenvalue weighted by molar-refractivity contribution is 0.507.